The summed E-state index contributed by atoms with van der Waals surface area (Å²) in [6, 6.07) is 8.26. The SMILES string of the molecule is C=CCCCCC(Cc1ccc(CCC2OCCO2)cc1)C(=O)O. The number of hydrogen-bond acceptors (Lipinski definition) is 3. The molecule has 1 N–H and O–H groups in total. The third kappa shape index (κ3) is 6.46. The van der Waals surface area contributed by atoms with Crippen molar-refractivity contribution in [1.82, 2.24) is 0 Å². The Hall–Kier alpha value is -1.65. The number of aliphatic carboxylic acids is 1. The third-order valence-electron chi connectivity index (χ3n) is 4.42. The Bertz CT molecular complexity index is 503. The molecule has 4 heteroatoms. The topological polar surface area (TPSA) is 55.8 Å². The zero-order valence-electron chi connectivity index (χ0n) is 14.3. The number of ether oxygens (including phenoxy) is 2. The molecule has 24 heavy (non-hydrogen) atoms. The Morgan fingerprint density at radius 3 is 2.50 bits per heavy atom. The first-order chi connectivity index (χ1) is 11.7. The van der Waals surface area contributed by atoms with Crippen LogP contribution in [-0.2, 0) is 27.1 Å². The highest BCUT2D eigenvalue weighted by atomic mass is 16.7. The van der Waals surface area contributed by atoms with Gasteiger partial charge in [0, 0.05) is 6.42 Å². The van der Waals surface area contributed by atoms with Crippen LogP contribution in [0.5, 0.6) is 0 Å². The van der Waals surface area contributed by atoms with Gasteiger partial charge in [-0.2, -0.15) is 0 Å². The van der Waals surface area contributed by atoms with Gasteiger partial charge in [0.1, 0.15) is 0 Å². The highest BCUT2D eigenvalue weighted by Gasteiger charge is 2.18. The van der Waals surface area contributed by atoms with Crippen LogP contribution in [0.4, 0.5) is 0 Å². The summed E-state index contributed by atoms with van der Waals surface area (Å²) in [5, 5.41) is 9.40. The number of hydrogen-bond donors (Lipinski definition) is 1. The second-order valence-corrected chi connectivity index (χ2v) is 6.34. The van der Waals surface area contributed by atoms with E-state index in [0.717, 1.165) is 44.1 Å². The van der Waals surface area contributed by atoms with Crippen LogP contribution in [0, 0.1) is 5.92 Å². The average molecular weight is 332 g/mol. The van der Waals surface area contributed by atoms with E-state index < -0.39 is 5.97 Å². The van der Waals surface area contributed by atoms with E-state index in [1.165, 1.54) is 5.56 Å². The van der Waals surface area contributed by atoms with Crippen LogP contribution in [0.3, 0.4) is 0 Å². The molecule has 1 aliphatic heterocycles. The summed E-state index contributed by atoms with van der Waals surface area (Å²) >= 11 is 0. The zero-order chi connectivity index (χ0) is 17.2. The maximum absolute atomic E-state index is 11.4. The molecule has 2 rings (SSSR count). The van der Waals surface area contributed by atoms with Gasteiger partial charge in [-0.05, 0) is 43.2 Å². The van der Waals surface area contributed by atoms with Crippen molar-refractivity contribution >= 4 is 5.97 Å². The van der Waals surface area contributed by atoms with Crippen molar-refractivity contribution < 1.29 is 19.4 Å². The largest absolute Gasteiger partial charge is 0.481 e. The normalized spacial score (nSPS) is 16.2. The molecule has 1 saturated heterocycles. The smallest absolute Gasteiger partial charge is 0.306 e. The van der Waals surface area contributed by atoms with Gasteiger partial charge in [-0.1, -0.05) is 36.8 Å². The number of benzene rings is 1. The number of carboxylic acids is 1. The van der Waals surface area contributed by atoms with Crippen LogP contribution in [0.15, 0.2) is 36.9 Å². The molecule has 0 saturated carbocycles. The van der Waals surface area contributed by atoms with E-state index >= 15 is 0 Å². The first-order valence-electron chi connectivity index (χ1n) is 8.83. The lowest BCUT2D eigenvalue weighted by molar-refractivity contribution is -0.142. The van der Waals surface area contributed by atoms with Gasteiger partial charge in [-0.3, -0.25) is 4.79 Å². The van der Waals surface area contributed by atoms with Gasteiger partial charge >= 0.3 is 5.97 Å². The summed E-state index contributed by atoms with van der Waals surface area (Å²) in [5.74, 6) is -1.01. The van der Waals surface area contributed by atoms with E-state index in [-0.39, 0.29) is 12.2 Å². The van der Waals surface area contributed by atoms with Crippen molar-refractivity contribution in [3.8, 4) is 0 Å². The second kappa shape index (κ2) is 10.3. The first-order valence-corrected chi connectivity index (χ1v) is 8.83. The number of unbranched alkanes of at least 4 members (excludes halogenated alkanes) is 2. The lowest BCUT2D eigenvalue weighted by Gasteiger charge is -2.13. The van der Waals surface area contributed by atoms with Crippen LogP contribution < -0.4 is 0 Å². The van der Waals surface area contributed by atoms with Gasteiger partial charge < -0.3 is 14.6 Å². The molecule has 1 fully saturated rings. The molecule has 1 unspecified atom stereocenters. The van der Waals surface area contributed by atoms with Crippen LogP contribution in [0.1, 0.15) is 43.2 Å². The molecular weight excluding hydrogens is 304 g/mol. The molecule has 1 aromatic rings. The minimum absolute atomic E-state index is 0.0726. The second-order valence-electron chi connectivity index (χ2n) is 6.34. The van der Waals surface area contributed by atoms with Gasteiger partial charge in [0.25, 0.3) is 0 Å². The molecule has 0 aliphatic carbocycles. The van der Waals surface area contributed by atoms with Crippen molar-refractivity contribution in [3.05, 3.63) is 48.0 Å². The lowest BCUT2D eigenvalue weighted by Crippen LogP contribution is -2.16. The predicted octanol–water partition coefficient (Wildman–Crippen LogP) is 3.98. The Balaban J connectivity index is 1.79. The van der Waals surface area contributed by atoms with Crippen molar-refractivity contribution in [3.63, 3.8) is 0 Å². The third-order valence-corrected chi connectivity index (χ3v) is 4.42. The van der Waals surface area contributed by atoms with Crippen LogP contribution in [0.25, 0.3) is 0 Å². The fourth-order valence-corrected chi connectivity index (χ4v) is 2.98. The van der Waals surface area contributed by atoms with Crippen LogP contribution >= 0.6 is 0 Å². The molecule has 0 aromatic heterocycles. The summed E-state index contributed by atoms with van der Waals surface area (Å²) in [7, 11) is 0. The average Bonchev–Trinajstić information content (AvgIpc) is 3.10. The molecule has 0 amide bonds. The van der Waals surface area contributed by atoms with Crippen molar-refractivity contribution in [2.75, 3.05) is 13.2 Å². The van der Waals surface area contributed by atoms with E-state index in [0.29, 0.717) is 19.6 Å². The lowest BCUT2D eigenvalue weighted by atomic mass is 9.93. The minimum Gasteiger partial charge on any atom is -0.481 e. The molecule has 4 nitrogen and oxygen atoms in total. The Morgan fingerprint density at radius 2 is 1.88 bits per heavy atom. The molecule has 0 spiro atoms. The number of aryl methyl sites for hydroxylation is 1. The number of carbonyl (C=O) groups is 1. The Labute approximate surface area is 144 Å². The van der Waals surface area contributed by atoms with Gasteiger partial charge in [-0.15, -0.1) is 6.58 Å². The summed E-state index contributed by atoms with van der Waals surface area (Å²) in [6.07, 6.45) is 7.80. The van der Waals surface area contributed by atoms with Gasteiger partial charge in [0.2, 0.25) is 0 Å². The fraction of sp³-hybridized carbons (Fsp3) is 0.550. The fourth-order valence-electron chi connectivity index (χ4n) is 2.98. The minimum atomic E-state index is -0.701. The molecule has 1 atom stereocenters. The van der Waals surface area contributed by atoms with E-state index in [1.807, 2.05) is 18.2 Å². The predicted molar refractivity (Wildman–Crippen MR) is 93.9 cm³/mol. The molecule has 1 heterocycles. The highest BCUT2D eigenvalue weighted by Crippen LogP contribution is 2.18. The zero-order valence-corrected chi connectivity index (χ0v) is 14.3. The van der Waals surface area contributed by atoms with Crippen LogP contribution in [-0.4, -0.2) is 30.6 Å². The van der Waals surface area contributed by atoms with Crippen molar-refractivity contribution in [2.24, 2.45) is 5.92 Å². The molecule has 0 bridgehead atoms. The summed E-state index contributed by atoms with van der Waals surface area (Å²) in [6.45, 7) is 5.07. The van der Waals surface area contributed by atoms with Crippen molar-refractivity contribution in [2.45, 2.75) is 51.2 Å². The highest BCUT2D eigenvalue weighted by molar-refractivity contribution is 5.70. The molecule has 0 radical (unpaired) electrons. The maximum atomic E-state index is 11.4. The molecule has 132 valence electrons. The van der Waals surface area contributed by atoms with Gasteiger partial charge in [-0.25, -0.2) is 0 Å². The van der Waals surface area contributed by atoms with Gasteiger partial charge in [0.15, 0.2) is 6.29 Å². The number of carboxylic acid groups (broad SMARTS) is 1. The Kier molecular flexibility index (Phi) is 7.99. The monoisotopic (exact) mass is 332 g/mol. The van der Waals surface area contributed by atoms with E-state index in [4.69, 9.17) is 9.47 Å². The van der Waals surface area contributed by atoms with E-state index in [1.54, 1.807) is 0 Å². The maximum Gasteiger partial charge on any atom is 0.306 e. The molecule has 1 aliphatic rings. The van der Waals surface area contributed by atoms with Crippen molar-refractivity contribution in [1.29, 1.82) is 0 Å². The summed E-state index contributed by atoms with van der Waals surface area (Å²) in [4.78, 5) is 11.4. The Morgan fingerprint density at radius 1 is 1.21 bits per heavy atom. The number of rotatable bonds is 11. The van der Waals surface area contributed by atoms with Gasteiger partial charge in [0.05, 0.1) is 19.1 Å². The number of allylic oxidation sites excluding steroid dienone is 1. The molecular formula is C20H28O4. The summed E-state index contributed by atoms with van der Waals surface area (Å²) in [5.41, 5.74) is 2.32. The van der Waals surface area contributed by atoms with E-state index in [2.05, 4.69) is 18.7 Å². The summed E-state index contributed by atoms with van der Waals surface area (Å²) < 4.78 is 10.9. The first kappa shape index (κ1) is 18.7. The molecule has 1 aromatic carbocycles. The van der Waals surface area contributed by atoms with Crippen LogP contribution in [0.2, 0.25) is 0 Å². The standard InChI is InChI=1S/C20H28O4/c1-2-3-4-5-6-18(20(21)22)15-17-9-7-16(8-10-17)11-12-19-23-13-14-24-19/h2,7-10,18-19H,1,3-6,11-15H2,(H,21,22). The quantitative estimate of drug-likeness (QED) is 0.492. The van der Waals surface area contributed by atoms with E-state index in [9.17, 15) is 9.90 Å².